The van der Waals surface area contributed by atoms with Crippen molar-refractivity contribution in [2.75, 3.05) is 0 Å². The van der Waals surface area contributed by atoms with Crippen LogP contribution in [0.4, 0.5) is 0 Å². The number of aromatic nitrogens is 5. The number of aryl methyl sites for hydroxylation is 2. The zero-order chi connectivity index (χ0) is 17.2. The maximum atomic E-state index is 4.41. The predicted molar refractivity (Wildman–Crippen MR) is 98.5 cm³/mol. The van der Waals surface area contributed by atoms with Crippen molar-refractivity contribution < 1.29 is 0 Å². The van der Waals surface area contributed by atoms with Crippen LogP contribution in [0, 0.1) is 13.8 Å². The Morgan fingerprint density at radius 2 is 1.92 bits per heavy atom. The highest BCUT2D eigenvalue weighted by atomic mass is 32.1. The van der Waals surface area contributed by atoms with Gasteiger partial charge in [0.05, 0.1) is 22.3 Å². The maximum absolute atomic E-state index is 4.41. The summed E-state index contributed by atoms with van der Waals surface area (Å²) in [5.74, 6) is 0. The van der Waals surface area contributed by atoms with E-state index in [1.54, 1.807) is 11.3 Å². The van der Waals surface area contributed by atoms with Crippen molar-refractivity contribution in [1.82, 2.24) is 25.0 Å². The molecule has 0 saturated heterocycles. The normalized spacial score (nSPS) is 12.2. The third kappa shape index (κ3) is 3.08. The van der Waals surface area contributed by atoms with Crippen LogP contribution in [0.5, 0.6) is 0 Å². The lowest BCUT2D eigenvalue weighted by Gasteiger charge is -2.16. The van der Waals surface area contributed by atoms with E-state index >= 15 is 0 Å². The van der Waals surface area contributed by atoms with Crippen molar-refractivity contribution >= 4 is 11.3 Å². The maximum Gasteiger partial charge on any atom is 0.115 e. The number of rotatable bonds is 4. The lowest BCUT2D eigenvalue weighted by atomic mass is 10.0. The van der Waals surface area contributed by atoms with Crippen molar-refractivity contribution in [3.8, 4) is 11.3 Å². The van der Waals surface area contributed by atoms with Gasteiger partial charge in [-0.3, -0.25) is 4.98 Å². The van der Waals surface area contributed by atoms with E-state index in [9.17, 15) is 0 Å². The Morgan fingerprint density at radius 3 is 2.64 bits per heavy atom. The highest BCUT2D eigenvalue weighted by Crippen LogP contribution is 2.31. The van der Waals surface area contributed by atoms with Crippen LogP contribution in [0.2, 0.25) is 0 Å². The molecule has 0 aliphatic rings. The molecular formula is C19H17N5S. The van der Waals surface area contributed by atoms with Gasteiger partial charge in [-0.15, -0.1) is 16.4 Å². The van der Waals surface area contributed by atoms with E-state index in [2.05, 4.69) is 38.5 Å². The number of thiazole rings is 1. The minimum absolute atomic E-state index is 0.0345. The smallest absolute Gasteiger partial charge is 0.115 e. The molecule has 4 rings (SSSR count). The van der Waals surface area contributed by atoms with Crippen LogP contribution < -0.4 is 0 Å². The van der Waals surface area contributed by atoms with Crippen molar-refractivity contribution in [1.29, 1.82) is 0 Å². The Bertz CT molecular complexity index is 990. The van der Waals surface area contributed by atoms with Crippen LogP contribution in [-0.4, -0.2) is 25.0 Å². The molecule has 0 amide bonds. The van der Waals surface area contributed by atoms with Gasteiger partial charge in [-0.05, 0) is 31.0 Å². The van der Waals surface area contributed by atoms with Gasteiger partial charge >= 0.3 is 0 Å². The van der Waals surface area contributed by atoms with Crippen molar-refractivity contribution in [2.45, 2.75) is 19.9 Å². The third-order valence-electron chi connectivity index (χ3n) is 4.09. The minimum atomic E-state index is -0.0345. The van der Waals surface area contributed by atoms with Gasteiger partial charge < -0.3 is 0 Å². The van der Waals surface area contributed by atoms with Crippen molar-refractivity contribution in [2.24, 2.45) is 0 Å². The first-order chi connectivity index (χ1) is 12.2. The largest absolute Gasteiger partial charge is 0.264 e. The van der Waals surface area contributed by atoms with E-state index in [0.29, 0.717) is 0 Å². The monoisotopic (exact) mass is 347 g/mol. The topological polar surface area (TPSA) is 56.5 Å². The van der Waals surface area contributed by atoms with E-state index in [4.69, 9.17) is 0 Å². The Labute approximate surface area is 150 Å². The second-order valence-corrected chi connectivity index (χ2v) is 6.84. The molecule has 1 unspecified atom stereocenters. The van der Waals surface area contributed by atoms with E-state index in [1.807, 2.05) is 60.8 Å². The molecular weight excluding hydrogens is 330 g/mol. The quantitative estimate of drug-likeness (QED) is 0.559. The lowest BCUT2D eigenvalue weighted by molar-refractivity contribution is 0.575. The summed E-state index contributed by atoms with van der Waals surface area (Å²) in [6, 6.07) is 12.4. The molecule has 1 aromatic carbocycles. The number of benzene rings is 1. The molecule has 0 saturated carbocycles. The van der Waals surface area contributed by atoms with Crippen molar-refractivity contribution in [3.05, 3.63) is 82.2 Å². The summed E-state index contributed by atoms with van der Waals surface area (Å²) in [5, 5.41) is 8.78. The van der Waals surface area contributed by atoms with Gasteiger partial charge in [0, 0.05) is 18.0 Å². The molecule has 0 radical (unpaired) electrons. The van der Waals surface area contributed by atoms with Crippen LogP contribution in [0.25, 0.3) is 11.3 Å². The summed E-state index contributed by atoms with van der Waals surface area (Å²) in [5.41, 5.74) is 6.95. The first-order valence-electron chi connectivity index (χ1n) is 8.01. The molecule has 1 atom stereocenters. The lowest BCUT2D eigenvalue weighted by Crippen LogP contribution is -2.13. The molecule has 0 spiro atoms. The van der Waals surface area contributed by atoms with Crippen LogP contribution in [0.3, 0.4) is 0 Å². The summed E-state index contributed by atoms with van der Waals surface area (Å²) in [4.78, 5) is 9.84. The summed E-state index contributed by atoms with van der Waals surface area (Å²) >= 11 is 1.64. The number of hydrogen-bond acceptors (Lipinski definition) is 5. The highest BCUT2D eigenvalue weighted by molar-refractivity contribution is 7.09. The Morgan fingerprint density at radius 1 is 1.08 bits per heavy atom. The summed E-state index contributed by atoms with van der Waals surface area (Å²) in [6.07, 6.45) is 5.63. The summed E-state index contributed by atoms with van der Waals surface area (Å²) in [7, 11) is 0. The molecule has 6 heteroatoms. The van der Waals surface area contributed by atoms with Gasteiger partial charge in [-0.2, -0.15) is 0 Å². The predicted octanol–water partition coefficient (Wildman–Crippen LogP) is 4.05. The van der Waals surface area contributed by atoms with Crippen LogP contribution in [0.1, 0.15) is 27.7 Å². The second-order valence-electron chi connectivity index (χ2n) is 5.95. The molecule has 0 aliphatic carbocycles. The third-order valence-corrected chi connectivity index (χ3v) is 5.08. The van der Waals surface area contributed by atoms with E-state index < -0.39 is 0 Å². The molecule has 0 bridgehead atoms. The fraction of sp³-hybridized carbons (Fsp3) is 0.158. The molecule has 4 aromatic rings. The number of pyridine rings is 1. The average Bonchev–Trinajstić information content (AvgIpc) is 3.27. The average molecular weight is 347 g/mol. The minimum Gasteiger partial charge on any atom is -0.264 e. The Hall–Kier alpha value is -2.86. The van der Waals surface area contributed by atoms with Gasteiger partial charge in [0.25, 0.3) is 0 Å². The molecule has 0 fully saturated rings. The zero-order valence-electron chi connectivity index (χ0n) is 14.0. The summed E-state index contributed by atoms with van der Waals surface area (Å²) in [6.45, 7) is 4.05. The van der Waals surface area contributed by atoms with Gasteiger partial charge in [0.1, 0.15) is 11.7 Å². The van der Waals surface area contributed by atoms with Gasteiger partial charge in [0.15, 0.2) is 0 Å². The zero-order valence-corrected chi connectivity index (χ0v) is 14.8. The first-order valence-corrected chi connectivity index (χ1v) is 8.89. The molecule has 25 heavy (non-hydrogen) atoms. The van der Waals surface area contributed by atoms with Crippen LogP contribution >= 0.6 is 11.3 Å². The van der Waals surface area contributed by atoms with E-state index in [1.165, 1.54) is 4.88 Å². The molecule has 0 N–H and O–H groups in total. The SMILES string of the molecule is Cc1cncc(-c2cn(C(c3ccccc3)c3scnc3C)nn2)c1. The molecule has 124 valence electrons. The molecule has 0 aliphatic heterocycles. The highest BCUT2D eigenvalue weighted by Gasteiger charge is 2.22. The van der Waals surface area contributed by atoms with Crippen molar-refractivity contribution in [3.63, 3.8) is 0 Å². The number of nitrogens with zero attached hydrogens (tertiary/aromatic N) is 5. The fourth-order valence-corrected chi connectivity index (χ4v) is 3.78. The molecule has 5 nitrogen and oxygen atoms in total. The van der Waals surface area contributed by atoms with Crippen LogP contribution in [-0.2, 0) is 0 Å². The van der Waals surface area contributed by atoms with Crippen LogP contribution in [0.15, 0.2) is 60.5 Å². The molecule has 3 heterocycles. The van der Waals surface area contributed by atoms with Gasteiger partial charge in [0.2, 0.25) is 0 Å². The Kier molecular flexibility index (Phi) is 4.11. The first kappa shape index (κ1) is 15.7. The van der Waals surface area contributed by atoms with Gasteiger partial charge in [-0.1, -0.05) is 35.5 Å². The van der Waals surface area contributed by atoms with E-state index in [0.717, 1.165) is 28.1 Å². The number of hydrogen-bond donors (Lipinski definition) is 0. The standard InChI is InChI=1S/C19H17N5S/c1-13-8-16(10-20-9-13)17-11-24(23-22-17)18(15-6-4-3-5-7-15)19-14(2)21-12-25-19/h3-12,18H,1-2H3. The van der Waals surface area contributed by atoms with E-state index in [-0.39, 0.29) is 6.04 Å². The summed E-state index contributed by atoms with van der Waals surface area (Å²) < 4.78 is 1.91. The Balaban J connectivity index is 1.80. The fourth-order valence-electron chi connectivity index (χ4n) is 2.86. The molecule has 3 aromatic heterocycles. The second kappa shape index (κ2) is 6.57. The van der Waals surface area contributed by atoms with Gasteiger partial charge in [-0.25, -0.2) is 9.67 Å².